The van der Waals surface area contributed by atoms with E-state index in [2.05, 4.69) is 37.9 Å². The van der Waals surface area contributed by atoms with Crippen LogP contribution < -0.4 is 0 Å². The molecule has 13 heavy (non-hydrogen) atoms. The van der Waals surface area contributed by atoms with Crippen LogP contribution in [0.15, 0.2) is 12.7 Å². The topological polar surface area (TPSA) is 35.5 Å². The first-order valence-electron chi connectivity index (χ1n) is 4.01. The summed E-state index contributed by atoms with van der Waals surface area (Å²) < 4.78 is 9.40. The molecule has 0 saturated carbocycles. The number of hydrogen-bond donors (Lipinski definition) is 0. The minimum absolute atomic E-state index is 0.394. The highest BCUT2D eigenvalue weighted by Crippen LogP contribution is 1.99. The van der Waals surface area contributed by atoms with E-state index in [1.54, 1.807) is 0 Å². The molecule has 0 bridgehead atoms. The number of carbonyl (C=O) groups excluding carboxylic acids is 1. The van der Waals surface area contributed by atoms with Gasteiger partial charge in [0.1, 0.15) is 0 Å². The van der Waals surface area contributed by atoms with Gasteiger partial charge in [-0.25, -0.2) is 4.79 Å². The van der Waals surface area contributed by atoms with Crippen molar-refractivity contribution in [2.45, 2.75) is 19.6 Å². The molecular formula is C9H19O3Si. The summed E-state index contributed by atoms with van der Waals surface area (Å²) in [5.74, 6) is -0.394. The summed E-state index contributed by atoms with van der Waals surface area (Å²) in [4.78, 5) is 9.84. The van der Waals surface area contributed by atoms with Crippen LogP contribution in [-0.2, 0) is 14.0 Å². The predicted molar refractivity (Wildman–Crippen MR) is 56.9 cm³/mol. The van der Waals surface area contributed by atoms with E-state index in [0.717, 1.165) is 6.08 Å². The van der Waals surface area contributed by atoms with Crippen LogP contribution in [-0.4, -0.2) is 28.0 Å². The van der Waals surface area contributed by atoms with Crippen LogP contribution in [0.25, 0.3) is 0 Å². The summed E-state index contributed by atoms with van der Waals surface area (Å²) >= 11 is 0. The van der Waals surface area contributed by atoms with Crippen LogP contribution in [0.3, 0.4) is 0 Å². The first-order valence-corrected chi connectivity index (χ1v) is 7.41. The number of hydrogen-bond acceptors (Lipinski definition) is 3. The molecule has 0 aliphatic heterocycles. The monoisotopic (exact) mass is 203 g/mol. The molecular weight excluding hydrogens is 184 g/mol. The molecule has 0 N–H and O–H groups in total. The van der Waals surface area contributed by atoms with Gasteiger partial charge in [-0.15, -0.1) is 0 Å². The van der Waals surface area contributed by atoms with Crippen molar-refractivity contribution in [2.75, 3.05) is 13.7 Å². The SMILES string of the molecule is C=CC(=O)OC.[CH2]CO[Si](C)(C)C. The van der Waals surface area contributed by atoms with Crippen molar-refractivity contribution in [1.82, 2.24) is 0 Å². The lowest BCUT2D eigenvalue weighted by Gasteiger charge is -2.14. The van der Waals surface area contributed by atoms with Crippen LogP contribution in [0.4, 0.5) is 0 Å². The summed E-state index contributed by atoms with van der Waals surface area (Å²) in [6.45, 7) is 13.8. The van der Waals surface area contributed by atoms with Crippen molar-refractivity contribution in [1.29, 1.82) is 0 Å². The molecule has 0 aromatic heterocycles. The first kappa shape index (κ1) is 14.9. The van der Waals surface area contributed by atoms with Gasteiger partial charge in [0.2, 0.25) is 0 Å². The Bertz CT molecular complexity index is 149. The Morgan fingerprint density at radius 2 is 1.92 bits per heavy atom. The molecule has 0 heterocycles. The lowest BCUT2D eigenvalue weighted by atomic mass is 10.7. The molecule has 0 fully saturated rings. The second-order valence-corrected chi connectivity index (χ2v) is 7.70. The lowest BCUT2D eigenvalue weighted by Crippen LogP contribution is -2.24. The molecule has 0 aromatic rings. The Kier molecular flexibility index (Phi) is 9.17. The van der Waals surface area contributed by atoms with Crippen LogP contribution >= 0.6 is 0 Å². The van der Waals surface area contributed by atoms with Crippen LogP contribution in [0.5, 0.6) is 0 Å². The number of esters is 1. The minimum Gasteiger partial charge on any atom is -0.466 e. The van der Waals surface area contributed by atoms with E-state index in [9.17, 15) is 4.79 Å². The number of rotatable bonds is 3. The van der Waals surface area contributed by atoms with Crippen molar-refractivity contribution in [3.8, 4) is 0 Å². The Morgan fingerprint density at radius 1 is 1.46 bits per heavy atom. The van der Waals surface area contributed by atoms with Crippen LogP contribution in [0, 0.1) is 6.92 Å². The summed E-state index contributed by atoms with van der Waals surface area (Å²) in [5.41, 5.74) is 0. The Balaban J connectivity index is 0. The van der Waals surface area contributed by atoms with E-state index in [-0.39, 0.29) is 0 Å². The molecule has 0 unspecified atom stereocenters. The maximum absolute atomic E-state index is 9.84. The minimum atomic E-state index is -1.22. The Hall–Kier alpha value is -0.613. The van der Waals surface area contributed by atoms with Gasteiger partial charge in [0.25, 0.3) is 0 Å². The van der Waals surface area contributed by atoms with Gasteiger partial charge in [-0.05, 0) is 26.6 Å². The zero-order chi connectivity index (χ0) is 10.9. The molecule has 0 aromatic carbocycles. The molecule has 1 radical (unpaired) electrons. The van der Waals surface area contributed by atoms with Gasteiger partial charge in [-0.1, -0.05) is 6.58 Å². The molecule has 0 atom stereocenters. The predicted octanol–water partition coefficient (Wildman–Crippen LogP) is 2.02. The van der Waals surface area contributed by atoms with Gasteiger partial charge < -0.3 is 9.16 Å². The summed E-state index contributed by atoms with van der Waals surface area (Å²) in [7, 11) is 0.0898. The molecule has 0 amide bonds. The van der Waals surface area contributed by atoms with E-state index in [1.807, 2.05) is 0 Å². The third kappa shape index (κ3) is 18.4. The number of methoxy groups -OCH3 is 1. The molecule has 0 aliphatic rings. The van der Waals surface area contributed by atoms with Crippen molar-refractivity contribution in [3.05, 3.63) is 19.6 Å². The normalized spacial score (nSPS) is 9.62. The summed E-state index contributed by atoms with van der Waals surface area (Å²) in [6.07, 6.45) is 1.11. The van der Waals surface area contributed by atoms with E-state index in [4.69, 9.17) is 4.43 Å². The fourth-order valence-electron chi connectivity index (χ4n) is 0.390. The van der Waals surface area contributed by atoms with E-state index < -0.39 is 14.3 Å². The maximum Gasteiger partial charge on any atom is 0.329 e. The smallest absolute Gasteiger partial charge is 0.329 e. The van der Waals surface area contributed by atoms with Crippen molar-refractivity contribution in [3.63, 3.8) is 0 Å². The standard InChI is InChI=1S/C5H13OSi.C4H6O2/c1-5-6-7(2,3)4;1-3-4(5)6-2/h1,5H2,2-4H3;3H,1H2,2H3. The van der Waals surface area contributed by atoms with E-state index >= 15 is 0 Å². The molecule has 0 rings (SSSR count). The second-order valence-electron chi connectivity index (χ2n) is 3.19. The third-order valence-electron chi connectivity index (χ3n) is 0.903. The molecule has 4 heteroatoms. The molecule has 0 spiro atoms. The highest BCUT2D eigenvalue weighted by atomic mass is 28.4. The van der Waals surface area contributed by atoms with Crippen molar-refractivity contribution >= 4 is 14.3 Å². The number of ether oxygens (including phenoxy) is 1. The Morgan fingerprint density at radius 3 is 1.92 bits per heavy atom. The maximum atomic E-state index is 9.84. The lowest BCUT2D eigenvalue weighted by molar-refractivity contribution is -0.134. The van der Waals surface area contributed by atoms with E-state index in [0.29, 0.717) is 6.61 Å². The average molecular weight is 203 g/mol. The van der Waals surface area contributed by atoms with Crippen LogP contribution in [0.2, 0.25) is 19.6 Å². The van der Waals surface area contributed by atoms with Gasteiger partial charge in [0, 0.05) is 12.7 Å². The van der Waals surface area contributed by atoms with Gasteiger partial charge in [-0.2, -0.15) is 0 Å². The summed E-state index contributed by atoms with van der Waals surface area (Å²) in [5, 5.41) is 0. The second kappa shape index (κ2) is 8.01. The van der Waals surface area contributed by atoms with Gasteiger partial charge in [-0.3, -0.25) is 0 Å². The van der Waals surface area contributed by atoms with Crippen molar-refractivity contribution < 1.29 is 14.0 Å². The quantitative estimate of drug-likeness (QED) is 0.400. The average Bonchev–Trinajstić information content (AvgIpc) is 2.02. The zero-order valence-electron chi connectivity index (χ0n) is 8.92. The summed E-state index contributed by atoms with van der Waals surface area (Å²) in [6, 6.07) is 0. The van der Waals surface area contributed by atoms with Crippen molar-refractivity contribution in [2.24, 2.45) is 0 Å². The molecule has 0 saturated heterocycles. The first-order chi connectivity index (χ1) is 5.87. The highest BCUT2D eigenvalue weighted by Gasteiger charge is 2.11. The largest absolute Gasteiger partial charge is 0.466 e. The zero-order valence-corrected chi connectivity index (χ0v) is 9.92. The number of carbonyl (C=O) groups is 1. The molecule has 77 valence electrons. The fraction of sp³-hybridized carbons (Fsp3) is 0.556. The molecule has 3 nitrogen and oxygen atoms in total. The van der Waals surface area contributed by atoms with Gasteiger partial charge in [0.15, 0.2) is 8.32 Å². The third-order valence-corrected chi connectivity index (χ3v) is 1.97. The van der Waals surface area contributed by atoms with Gasteiger partial charge in [0.05, 0.1) is 7.11 Å². The highest BCUT2D eigenvalue weighted by molar-refractivity contribution is 6.69. The molecule has 0 aliphatic carbocycles. The van der Waals surface area contributed by atoms with Crippen LogP contribution in [0.1, 0.15) is 0 Å². The Labute approximate surface area is 81.9 Å². The van der Waals surface area contributed by atoms with E-state index in [1.165, 1.54) is 7.11 Å². The fourth-order valence-corrected chi connectivity index (χ4v) is 1.00. The van der Waals surface area contributed by atoms with Gasteiger partial charge >= 0.3 is 5.97 Å².